The Morgan fingerprint density at radius 2 is 1.64 bits per heavy atom. The second kappa shape index (κ2) is 6.09. The van der Waals surface area contributed by atoms with Crippen molar-refractivity contribution in [1.82, 2.24) is 15.5 Å². The molecule has 2 aliphatic carbocycles. The summed E-state index contributed by atoms with van der Waals surface area (Å²) in [6.45, 7) is 7.40. The fourth-order valence-electron chi connectivity index (χ4n) is 4.33. The van der Waals surface area contributed by atoms with Crippen molar-refractivity contribution in [2.24, 2.45) is 23.2 Å². The number of carbonyl (C=O) groups is 2. The zero-order valence-corrected chi connectivity index (χ0v) is 13.9. The van der Waals surface area contributed by atoms with Gasteiger partial charge in [-0.25, -0.2) is 4.79 Å². The first-order chi connectivity index (χ1) is 10.5. The molecule has 1 saturated heterocycles. The van der Waals surface area contributed by atoms with Crippen LogP contribution in [0.3, 0.4) is 0 Å². The fraction of sp³-hybridized carbons (Fsp3) is 0.882. The van der Waals surface area contributed by atoms with Crippen LogP contribution in [-0.2, 0) is 4.79 Å². The second-order valence-electron chi connectivity index (χ2n) is 7.88. The molecule has 0 unspecified atom stereocenters. The van der Waals surface area contributed by atoms with E-state index in [1.165, 1.54) is 25.7 Å². The van der Waals surface area contributed by atoms with E-state index >= 15 is 0 Å². The Bertz CT molecular complexity index is 429. The molecule has 0 spiro atoms. The van der Waals surface area contributed by atoms with E-state index in [9.17, 15) is 9.59 Å². The van der Waals surface area contributed by atoms with Crippen molar-refractivity contribution in [2.75, 3.05) is 26.2 Å². The highest BCUT2D eigenvalue weighted by Gasteiger charge is 2.62. The molecule has 22 heavy (non-hydrogen) atoms. The second-order valence-corrected chi connectivity index (χ2v) is 7.88. The van der Waals surface area contributed by atoms with Crippen LogP contribution < -0.4 is 10.6 Å². The van der Waals surface area contributed by atoms with E-state index < -0.39 is 0 Å². The topological polar surface area (TPSA) is 61.4 Å². The van der Waals surface area contributed by atoms with Gasteiger partial charge in [0.15, 0.2) is 0 Å². The van der Waals surface area contributed by atoms with Gasteiger partial charge in [0.1, 0.15) is 0 Å². The lowest BCUT2D eigenvalue weighted by atomic mass is 10.0. The maximum atomic E-state index is 12.0. The van der Waals surface area contributed by atoms with Gasteiger partial charge in [0.05, 0.1) is 0 Å². The molecule has 0 aromatic carbocycles. The van der Waals surface area contributed by atoms with Gasteiger partial charge in [-0.1, -0.05) is 26.7 Å². The Kier molecular flexibility index (Phi) is 4.33. The van der Waals surface area contributed by atoms with Crippen LogP contribution in [0.25, 0.3) is 0 Å². The van der Waals surface area contributed by atoms with Gasteiger partial charge in [-0.15, -0.1) is 0 Å². The summed E-state index contributed by atoms with van der Waals surface area (Å²) in [7, 11) is 0. The van der Waals surface area contributed by atoms with Gasteiger partial charge >= 0.3 is 6.03 Å². The quantitative estimate of drug-likeness (QED) is 0.763. The molecule has 3 aliphatic rings. The van der Waals surface area contributed by atoms with Crippen LogP contribution in [0.15, 0.2) is 0 Å². The van der Waals surface area contributed by atoms with E-state index in [2.05, 4.69) is 24.5 Å². The van der Waals surface area contributed by atoms with Crippen LogP contribution in [0.4, 0.5) is 4.79 Å². The molecule has 2 atom stereocenters. The summed E-state index contributed by atoms with van der Waals surface area (Å²) < 4.78 is 0. The van der Waals surface area contributed by atoms with Gasteiger partial charge < -0.3 is 15.5 Å². The molecule has 0 aromatic rings. The predicted molar refractivity (Wildman–Crippen MR) is 85.3 cm³/mol. The Labute approximate surface area is 133 Å². The van der Waals surface area contributed by atoms with E-state index in [1.807, 2.05) is 4.90 Å². The molecule has 5 nitrogen and oxygen atoms in total. The third-order valence-corrected chi connectivity index (χ3v) is 6.08. The van der Waals surface area contributed by atoms with Crippen LogP contribution in [0, 0.1) is 23.2 Å². The van der Waals surface area contributed by atoms with E-state index in [0.717, 1.165) is 13.1 Å². The minimum absolute atomic E-state index is 0.0213. The molecule has 2 N–H and O–H groups in total. The Morgan fingerprint density at radius 1 is 1.05 bits per heavy atom. The molecule has 1 heterocycles. The maximum absolute atomic E-state index is 12.0. The SMILES string of the molecule is CC1(C)[C@@H]2CN(C(=O)NCCNC(=O)CC3CCCC3)C[C@H]21. The van der Waals surface area contributed by atoms with Crippen molar-refractivity contribution in [3.05, 3.63) is 0 Å². The van der Waals surface area contributed by atoms with Crippen molar-refractivity contribution in [2.45, 2.75) is 46.0 Å². The number of likely N-dealkylation sites (tertiary alicyclic amines) is 1. The molecule has 2 saturated carbocycles. The summed E-state index contributed by atoms with van der Waals surface area (Å²) in [5.74, 6) is 2.08. The van der Waals surface area contributed by atoms with Crippen LogP contribution in [0.1, 0.15) is 46.0 Å². The van der Waals surface area contributed by atoms with Gasteiger partial charge in [0.25, 0.3) is 0 Å². The van der Waals surface area contributed by atoms with Crippen molar-refractivity contribution < 1.29 is 9.59 Å². The van der Waals surface area contributed by atoms with Crippen LogP contribution in [-0.4, -0.2) is 43.0 Å². The predicted octanol–water partition coefficient (Wildman–Crippen LogP) is 1.98. The number of nitrogens with one attached hydrogen (secondary N) is 2. The highest BCUT2D eigenvalue weighted by Crippen LogP contribution is 2.61. The number of hydrogen-bond donors (Lipinski definition) is 2. The Balaban J connectivity index is 1.26. The Morgan fingerprint density at radius 3 is 2.27 bits per heavy atom. The average molecular weight is 307 g/mol. The number of piperidine rings is 1. The van der Waals surface area contributed by atoms with Gasteiger partial charge in [-0.2, -0.15) is 0 Å². The minimum Gasteiger partial charge on any atom is -0.354 e. The Hall–Kier alpha value is -1.26. The molecular weight excluding hydrogens is 278 g/mol. The number of rotatable bonds is 5. The third kappa shape index (κ3) is 3.23. The van der Waals surface area contributed by atoms with Crippen LogP contribution in [0.5, 0.6) is 0 Å². The minimum atomic E-state index is 0.0213. The molecular formula is C17H29N3O2. The lowest BCUT2D eigenvalue weighted by molar-refractivity contribution is -0.121. The van der Waals surface area contributed by atoms with Gasteiger partial charge in [-0.3, -0.25) is 4.79 Å². The molecule has 1 aliphatic heterocycles. The number of nitrogens with zero attached hydrogens (tertiary/aromatic N) is 1. The van der Waals surface area contributed by atoms with E-state index in [0.29, 0.717) is 42.7 Å². The summed E-state index contributed by atoms with van der Waals surface area (Å²) in [5, 5.41) is 5.83. The summed E-state index contributed by atoms with van der Waals surface area (Å²) in [4.78, 5) is 25.8. The molecule has 124 valence electrons. The number of amides is 3. The van der Waals surface area contributed by atoms with Gasteiger partial charge in [0, 0.05) is 32.6 Å². The maximum Gasteiger partial charge on any atom is 0.317 e. The van der Waals surface area contributed by atoms with Crippen LogP contribution in [0.2, 0.25) is 0 Å². The molecule has 0 bridgehead atoms. The average Bonchev–Trinajstić information content (AvgIpc) is 2.95. The lowest BCUT2D eigenvalue weighted by Crippen LogP contribution is -2.43. The normalized spacial score (nSPS) is 29.3. The first kappa shape index (κ1) is 15.6. The highest BCUT2D eigenvalue weighted by molar-refractivity contribution is 5.77. The molecule has 0 aromatic heterocycles. The number of carbonyl (C=O) groups excluding carboxylic acids is 2. The van der Waals surface area contributed by atoms with Crippen molar-refractivity contribution in [3.8, 4) is 0 Å². The number of fused-ring (bicyclic) bond motifs is 1. The third-order valence-electron chi connectivity index (χ3n) is 6.08. The number of hydrogen-bond acceptors (Lipinski definition) is 2. The molecule has 5 heteroatoms. The molecule has 3 rings (SSSR count). The molecule has 3 fully saturated rings. The van der Waals surface area contributed by atoms with Crippen molar-refractivity contribution >= 4 is 11.9 Å². The van der Waals surface area contributed by atoms with Crippen LogP contribution >= 0.6 is 0 Å². The zero-order valence-electron chi connectivity index (χ0n) is 13.9. The lowest BCUT2D eigenvalue weighted by Gasteiger charge is -2.22. The highest BCUT2D eigenvalue weighted by atomic mass is 16.2. The summed E-state index contributed by atoms with van der Waals surface area (Å²) >= 11 is 0. The molecule has 3 amide bonds. The van der Waals surface area contributed by atoms with E-state index in [4.69, 9.17) is 0 Å². The summed E-state index contributed by atoms with van der Waals surface area (Å²) in [6.07, 6.45) is 5.57. The van der Waals surface area contributed by atoms with Gasteiger partial charge in [0.2, 0.25) is 5.91 Å². The smallest absolute Gasteiger partial charge is 0.317 e. The van der Waals surface area contributed by atoms with E-state index in [-0.39, 0.29) is 11.9 Å². The largest absolute Gasteiger partial charge is 0.354 e. The summed E-state index contributed by atoms with van der Waals surface area (Å²) in [6, 6.07) is 0.0213. The monoisotopic (exact) mass is 307 g/mol. The van der Waals surface area contributed by atoms with E-state index in [1.54, 1.807) is 0 Å². The van der Waals surface area contributed by atoms with Crippen molar-refractivity contribution in [1.29, 1.82) is 0 Å². The first-order valence-electron chi connectivity index (χ1n) is 8.78. The van der Waals surface area contributed by atoms with Crippen molar-refractivity contribution in [3.63, 3.8) is 0 Å². The fourth-order valence-corrected chi connectivity index (χ4v) is 4.33. The van der Waals surface area contributed by atoms with Gasteiger partial charge in [-0.05, 0) is 36.0 Å². The number of urea groups is 1. The summed E-state index contributed by atoms with van der Waals surface area (Å²) in [5.41, 5.74) is 0.436. The zero-order chi connectivity index (χ0) is 15.7. The standard InChI is InChI=1S/C17H29N3O2/c1-17(2)13-10-20(11-14(13)17)16(22)19-8-7-18-15(21)9-12-5-3-4-6-12/h12-14H,3-11H2,1-2H3,(H,18,21)(H,19,22)/t13-,14-/m1/s1. The molecule has 0 radical (unpaired) electrons. The first-order valence-corrected chi connectivity index (χ1v) is 8.78.